The molecule has 0 aliphatic carbocycles. The molecule has 2 aromatic heterocycles. The van der Waals surface area contributed by atoms with Gasteiger partial charge in [-0.25, -0.2) is 0 Å². The van der Waals surface area contributed by atoms with Gasteiger partial charge in [-0.3, -0.25) is 19.3 Å². The van der Waals surface area contributed by atoms with Crippen molar-refractivity contribution in [3.8, 4) is 0 Å². The van der Waals surface area contributed by atoms with Crippen LogP contribution in [0.4, 0.5) is 0 Å². The molecule has 35 heavy (non-hydrogen) atoms. The summed E-state index contributed by atoms with van der Waals surface area (Å²) in [7, 11) is 0. The van der Waals surface area contributed by atoms with E-state index in [9.17, 15) is 14.4 Å². The standard InChI is InChI=1S/C26H27N3O6/c1-18-6-2-3-8-20(18)24(31)29-21(23(30)27-16-19-7-4-14-33-19)17-35-26(29)10-12-28(13-11-26)25(32)22-9-5-15-34-22/h2-9,14-15,21H,10-13,16-17H2,1H3,(H,27,30). The molecular formula is C26H27N3O6. The van der Waals surface area contributed by atoms with Crippen LogP contribution < -0.4 is 5.32 Å². The van der Waals surface area contributed by atoms with Crippen molar-refractivity contribution < 1.29 is 28.0 Å². The predicted molar refractivity (Wildman–Crippen MR) is 124 cm³/mol. The summed E-state index contributed by atoms with van der Waals surface area (Å²) in [5, 5.41) is 2.86. The van der Waals surface area contributed by atoms with E-state index in [0.717, 1.165) is 5.56 Å². The number of amides is 3. The first-order valence-corrected chi connectivity index (χ1v) is 11.6. The Morgan fingerprint density at radius 3 is 2.40 bits per heavy atom. The van der Waals surface area contributed by atoms with Crippen molar-refractivity contribution in [2.45, 2.75) is 38.1 Å². The zero-order valence-electron chi connectivity index (χ0n) is 19.4. The van der Waals surface area contributed by atoms with Crippen molar-refractivity contribution in [3.05, 3.63) is 83.7 Å². The minimum Gasteiger partial charge on any atom is -0.467 e. The van der Waals surface area contributed by atoms with Gasteiger partial charge in [0.2, 0.25) is 5.91 Å². The Bertz CT molecular complexity index is 1200. The number of piperidine rings is 1. The molecule has 2 aliphatic heterocycles. The number of benzene rings is 1. The van der Waals surface area contributed by atoms with Crippen LogP contribution in [0.15, 0.2) is 69.9 Å². The van der Waals surface area contributed by atoms with E-state index in [2.05, 4.69) is 5.32 Å². The number of furan rings is 2. The fourth-order valence-electron chi connectivity index (χ4n) is 4.83. The third kappa shape index (κ3) is 4.35. The minimum absolute atomic E-state index is 0.0771. The monoisotopic (exact) mass is 477 g/mol. The molecule has 1 N–H and O–H groups in total. The van der Waals surface area contributed by atoms with E-state index in [0.29, 0.717) is 37.3 Å². The van der Waals surface area contributed by atoms with Gasteiger partial charge in [0.15, 0.2) is 5.76 Å². The molecule has 182 valence electrons. The molecule has 9 nitrogen and oxygen atoms in total. The summed E-state index contributed by atoms with van der Waals surface area (Å²) in [5.41, 5.74) is 0.362. The maximum absolute atomic E-state index is 13.8. The second-order valence-corrected chi connectivity index (χ2v) is 8.83. The van der Waals surface area contributed by atoms with Crippen molar-refractivity contribution in [2.24, 2.45) is 0 Å². The van der Waals surface area contributed by atoms with Crippen LogP contribution in [0.5, 0.6) is 0 Å². The summed E-state index contributed by atoms with van der Waals surface area (Å²) in [6, 6.07) is 13.3. The molecule has 2 saturated heterocycles. The number of nitrogens with zero attached hydrogens (tertiary/aromatic N) is 2. The number of aryl methyl sites for hydroxylation is 1. The highest BCUT2D eigenvalue weighted by Gasteiger charge is 2.54. The Hall–Kier alpha value is -3.85. The van der Waals surface area contributed by atoms with Crippen LogP contribution in [-0.2, 0) is 16.1 Å². The molecule has 2 aliphatic rings. The van der Waals surface area contributed by atoms with Crippen molar-refractivity contribution in [2.75, 3.05) is 19.7 Å². The van der Waals surface area contributed by atoms with E-state index in [1.807, 2.05) is 19.1 Å². The number of ether oxygens (including phenoxy) is 1. The molecule has 0 radical (unpaired) electrons. The molecule has 0 saturated carbocycles. The van der Waals surface area contributed by atoms with E-state index in [4.69, 9.17) is 13.6 Å². The van der Waals surface area contributed by atoms with Crippen molar-refractivity contribution in [3.63, 3.8) is 0 Å². The van der Waals surface area contributed by atoms with Gasteiger partial charge in [-0.2, -0.15) is 0 Å². The number of hydrogen-bond donors (Lipinski definition) is 1. The lowest BCUT2D eigenvalue weighted by Crippen LogP contribution is -2.59. The molecule has 5 rings (SSSR count). The SMILES string of the molecule is Cc1ccccc1C(=O)N1C(C(=O)NCc2ccco2)COC12CCN(C(=O)c1ccco1)CC2. The van der Waals surface area contributed by atoms with Crippen LogP contribution in [0.2, 0.25) is 0 Å². The van der Waals surface area contributed by atoms with E-state index in [1.165, 1.54) is 6.26 Å². The third-order valence-electron chi connectivity index (χ3n) is 6.74. The van der Waals surface area contributed by atoms with Gasteiger partial charge in [0.05, 0.1) is 25.7 Å². The molecule has 3 aromatic rings. The third-order valence-corrected chi connectivity index (χ3v) is 6.74. The molecule has 0 bridgehead atoms. The normalized spacial score (nSPS) is 19.2. The van der Waals surface area contributed by atoms with Crippen molar-refractivity contribution in [1.29, 1.82) is 0 Å². The van der Waals surface area contributed by atoms with E-state index >= 15 is 0 Å². The van der Waals surface area contributed by atoms with Gasteiger partial charge < -0.3 is 23.8 Å². The number of likely N-dealkylation sites (tertiary alicyclic amines) is 1. The van der Waals surface area contributed by atoms with Gasteiger partial charge in [-0.05, 0) is 42.8 Å². The first-order chi connectivity index (χ1) is 17.0. The number of carbonyl (C=O) groups excluding carboxylic acids is 3. The van der Waals surface area contributed by atoms with E-state index in [-0.39, 0.29) is 36.6 Å². The van der Waals surface area contributed by atoms with Crippen LogP contribution in [0, 0.1) is 6.92 Å². The van der Waals surface area contributed by atoms with E-state index < -0.39 is 11.8 Å². The summed E-state index contributed by atoms with van der Waals surface area (Å²) >= 11 is 0. The molecule has 3 amide bonds. The number of carbonyl (C=O) groups is 3. The fraction of sp³-hybridized carbons (Fsp3) is 0.346. The number of nitrogens with one attached hydrogen (secondary N) is 1. The molecule has 1 unspecified atom stereocenters. The molecule has 9 heteroatoms. The van der Waals surface area contributed by atoms with Gasteiger partial charge in [-0.15, -0.1) is 0 Å². The van der Waals surface area contributed by atoms with Crippen LogP contribution >= 0.6 is 0 Å². The summed E-state index contributed by atoms with van der Waals surface area (Å²) in [6.07, 6.45) is 3.78. The highest BCUT2D eigenvalue weighted by molar-refractivity contribution is 5.99. The Labute approximate surface area is 202 Å². The van der Waals surface area contributed by atoms with Crippen LogP contribution in [-0.4, -0.2) is 59.0 Å². The predicted octanol–water partition coefficient (Wildman–Crippen LogP) is 2.97. The molecule has 2 fully saturated rings. The van der Waals surface area contributed by atoms with Crippen molar-refractivity contribution in [1.82, 2.24) is 15.1 Å². The van der Waals surface area contributed by atoms with E-state index in [1.54, 1.807) is 52.5 Å². The largest absolute Gasteiger partial charge is 0.467 e. The minimum atomic E-state index is -0.980. The smallest absolute Gasteiger partial charge is 0.289 e. The highest BCUT2D eigenvalue weighted by Crippen LogP contribution is 2.39. The maximum Gasteiger partial charge on any atom is 0.289 e. The average Bonchev–Trinajstić information content (AvgIpc) is 3.64. The molecular weight excluding hydrogens is 450 g/mol. The number of hydrogen-bond acceptors (Lipinski definition) is 6. The Balaban J connectivity index is 1.38. The Kier molecular flexibility index (Phi) is 6.17. The zero-order valence-corrected chi connectivity index (χ0v) is 19.4. The summed E-state index contributed by atoms with van der Waals surface area (Å²) < 4.78 is 16.8. The summed E-state index contributed by atoms with van der Waals surface area (Å²) in [4.78, 5) is 43.1. The van der Waals surface area contributed by atoms with Gasteiger partial charge in [0.25, 0.3) is 11.8 Å². The van der Waals surface area contributed by atoms with Gasteiger partial charge in [-0.1, -0.05) is 18.2 Å². The summed E-state index contributed by atoms with van der Waals surface area (Å²) in [5.74, 6) is 0.121. The van der Waals surface area contributed by atoms with Crippen LogP contribution in [0.25, 0.3) is 0 Å². The molecule has 1 aromatic carbocycles. The fourth-order valence-corrected chi connectivity index (χ4v) is 4.83. The molecule has 4 heterocycles. The lowest BCUT2D eigenvalue weighted by molar-refractivity contribution is -0.128. The quantitative estimate of drug-likeness (QED) is 0.606. The number of rotatable bonds is 5. The lowest BCUT2D eigenvalue weighted by atomic mass is 9.95. The first kappa shape index (κ1) is 22.9. The second-order valence-electron chi connectivity index (χ2n) is 8.83. The van der Waals surface area contributed by atoms with Crippen molar-refractivity contribution >= 4 is 17.7 Å². The van der Waals surface area contributed by atoms with Gasteiger partial charge in [0, 0.05) is 31.5 Å². The van der Waals surface area contributed by atoms with Gasteiger partial charge in [0.1, 0.15) is 17.5 Å². The first-order valence-electron chi connectivity index (χ1n) is 11.6. The van der Waals surface area contributed by atoms with Gasteiger partial charge >= 0.3 is 0 Å². The highest BCUT2D eigenvalue weighted by atomic mass is 16.5. The van der Waals surface area contributed by atoms with Crippen LogP contribution in [0.1, 0.15) is 45.1 Å². The summed E-state index contributed by atoms with van der Waals surface area (Å²) in [6.45, 7) is 2.91. The topological polar surface area (TPSA) is 105 Å². The Morgan fingerprint density at radius 1 is 0.971 bits per heavy atom. The zero-order chi connectivity index (χ0) is 24.4. The molecule has 1 atom stereocenters. The Morgan fingerprint density at radius 2 is 1.71 bits per heavy atom. The maximum atomic E-state index is 13.8. The molecule has 1 spiro atoms. The second kappa shape index (κ2) is 9.42. The van der Waals surface area contributed by atoms with Crippen LogP contribution in [0.3, 0.4) is 0 Å². The average molecular weight is 478 g/mol. The lowest BCUT2D eigenvalue weighted by Gasteiger charge is -2.44.